The number of nitrogens with two attached hydrogens (primary N) is 1. The van der Waals surface area contributed by atoms with Gasteiger partial charge in [-0.2, -0.15) is 0 Å². The summed E-state index contributed by atoms with van der Waals surface area (Å²) < 4.78 is 5.73. The topological polar surface area (TPSA) is 85.4 Å². The van der Waals surface area contributed by atoms with Gasteiger partial charge in [0.05, 0.1) is 5.56 Å². The largest absolute Gasteiger partial charge is 0.478 e. The standard InChI is InChI=1S/C13H18N2O3/c1-8-2-4-9(5-3-8)18-12-11(14)10(13(16)17)6-7-15-12/h6-9H,2-5,14H2,1H3,(H,16,17). The Morgan fingerprint density at radius 2 is 2.11 bits per heavy atom. The van der Waals surface area contributed by atoms with E-state index in [0.717, 1.165) is 31.6 Å². The molecule has 5 nitrogen and oxygen atoms in total. The van der Waals surface area contributed by atoms with E-state index in [2.05, 4.69) is 11.9 Å². The van der Waals surface area contributed by atoms with Gasteiger partial charge in [0, 0.05) is 6.20 Å². The number of hydrogen-bond acceptors (Lipinski definition) is 4. The van der Waals surface area contributed by atoms with Gasteiger partial charge >= 0.3 is 5.97 Å². The lowest BCUT2D eigenvalue weighted by Gasteiger charge is -2.26. The van der Waals surface area contributed by atoms with Crippen LogP contribution in [0.25, 0.3) is 0 Å². The zero-order valence-electron chi connectivity index (χ0n) is 10.4. The molecule has 0 atom stereocenters. The molecule has 1 saturated carbocycles. The van der Waals surface area contributed by atoms with Crippen LogP contribution in [0.1, 0.15) is 43.0 Å². The van der Waals surface area contributed by atoms with Gasteiger partial charge in [-0.05, 0) is 37.7 Å². The van der Waals surface area contributed by atoms with Gasteiger partial charge in [0.25, 0.3) is 0 Å². The highest BCUT2D eigenvalue weighted by molar-refractivity contribution is 5.94. The smallest absolute Gasteiger partial charge is 0.338 e. The Bertz CT molecular complexity index is 440. The lowest BCUT2D eigenvalue weighted by molar-refractivity contribution is 0.0696. The van der Waals surface area contributed by atoms with E-state index in [1.165, 1.54) is 12.3 Å². The zero-order valence-corrected chi connectivity index (χ0v) is 10.4. The summed E-state index contributed by atoms with van der Waals surface area (Å²) in [5.74, 6) is -0.0769. The van der Waals surface area contributed by atoms with E-state index in [1.54, 1.807) is 0 Å². The highest BCUT2D eigenvalue weighted by atomic mass is 16.5. The summed E-state index contributed by atoms with van der Waals surface area (Å²) in [4.78, 5) is 15.0. The van der Waals surface area contributed by atoms with E-state index < -0.39 is 5.97 Å². The summed E-state index contributed by atoms with van der Waals surface area (Å²) in [6, 6.07) is 1.38. The normalized spacial score (nSPS) is 23.6. The van der Waals surface area contributed by atoms with Crippen molar-refractivity contribution in [3.63, 3.8) is 0 Å². The van der Waals surface area contributed by atoms with Gasteiger partial charge in [-0.1, -0.05) is 6.92 Å². The number of carboxylic acids is 1. The number of carbonyl (C=O) groups is 1. The first kappa shape index (κ1) is 12.7. The highest BCUT2D eigenvalue weighted by Gasteiger charge is 2.22. The summed E-state index contributed by atoms with van der Waals surface area (Å²) in [5, 5.41) is 8.97. The Morgan fingerprint density at radius 3 is 2.72 bits per heavy atom. The number of ether oxygens (including phenoxy) is 1. The number of aromatic carboxylic acids is 1. The summed E-state index contributed by atoms with van der Waals surface area (Å²) >= 11 is 0. The summed E-state index contributed by atoms with van der Waals surface area (Å²) in [6.45, 7) is 2.23. The molecule has 1 aliphatic rings. The maximum Gasteiger partial charge on any atom is 0.338 e. The molecule has 98 valence electrons. The molecule has 0 aromatic carbocycles. The molecule has 1 aliphatic carbocycles. The number of rotatable bonds is 3. The molecule has 5 heteroatoms. The predicted molar refractivity (Wildman–Crippen MR) is 67.7 cm³/mol. The third-order valence-corrected chi connectivity index (χ3v) is 3.43. The fraction of sp³-hybridized carbons (Fsp3) is 0.538. The van der Waals surface area contributed by atoms with Crippen molar-refractivity contribution in [1.82, 2.24) is 4.98 Å². The summed E-state index contributed by atoms with van der Waals surface area (Å²) in [7, 11) is 0. The molecule has 0 radical (unpaired) electrons. The minimum atomic E-state index is -1.06. The second-order valence-corrected chi connectivity index (χ2v) is 4.88. The van der Waals surface area contributed by atoms with Crippen LogP contribution < -0.4 is 10.5 Å². The van der Waals surface area contributed by atoms with Gasteiger partial charge < -0.3 is 15.6 Å². The molecular weight excluding hydrogens is 232 g/mol. The Morgan fingerprint density at radius 1 is 1.44 bits per heavy atom. The average molecular weight is 250 g/mol. The van der Waals surface area contributed by atoms with Gasteiger partial charge in [0.2, 0.25) is 5.88 Å². The van der Waals surface area contributed by atoms with E-state index in [4.69, 9.17) is 15.6 Å². The third-order valence-electron chi connectivity index (χ3n) is 3.43. The van der Waals surface area contributed by atoms with Gasteiger partial charge in [0.1, 0.15) is 11.8 Å². The van der Waals surface area contributed by atoms with E-state index >= 15 is 0 Å². The van der Waals surface area contributed by atoms with Crippen LogP contribution in [0.15, 0.2) is 12.3 Å². The van der Waals surface area contributed by atoms with Crippen LogP contribution in [0, 0.1) is 5.92 Å². The Kier molecular flexibility index (Phi) is 3.69. The molecule has 18 heavy (non-hydrogen) atoms. The van der Waals surface area contributed by atoms with Crippen molar-refractivity contribution in [3.8, 4) is 5.88 Å². The number of aromatic nitrogens is 1. The molecular formula is C13H18N2O3. The van der Waals surface area contributed by atoms with Crippen LogP contribution >= 0.6 is 0 Å². The molecule has 3 N–H and O–H groups in total. The monoisotopic (exact) mass is 250 g/mol. The first-order valence-corrected chi connectivity index (χ1v) is 6.22. The van der Waals surface area contributed by atoms with Crippen LogP contribution in [0.2, 0.25) is 0 Å². The lowest BCUT2D eigenvalue weighted by atomic mass is 9.89. The average Bonchev–Trinajstić information content (AvgIpc) is 2.34. The molecule has 0 amide bonds. The molecule has 0 aliphatic heterocycles. The Hall–Kier alpha value is -1.78. The van der Waals surface area contributed by atoms with Crippen LogP contribution in [-0.4, -0.2) is 22.2 Å². The van der Waals surface area contributed by atoms with Crippen molar-refractivity contribution < 1.29 is 14.6 Å². The SMILES string of the molecule is CC1CCC(Oc2nccc(C(=O)O)c2N)CC1. The second kappa shape index (κ2) is 5.25. The molecule has 1 aromatic heterocycles. The van der Waals surface area contributed by atoms with Crippen molar-refractivity contribution >= 4 is 11.7 Å². The van der Waals surface area contributed by atoms with Crippen LogP contribution in [0.4, 0.5) is 5.69 Å². The van der Waals surface area contributed by atoms with E-state index in [-0.39, 0.29) is 23.2 Å². The Balaban J connectivity index is 2.10. The van der Waals surface area contributed by atoms with E-state index in [1.807, 2.05) is 0 Å². The number of carboxylic acid groups (broad SMARTS) is 1. The minimum absolute atomic E-state index is 0.0455. The first-order valence-electron chi connectivity index (χ1n) is 6.22. The first-order chi connectivity index (χ1) is 8.58. The molecule has 1 aromatic rings. The van der Waals surface area contributed by atoms with Crippen LogP contribution in [0.3, 0.4) is 0 Å². The predicted octanol–water partition coefficient (Wildman–Crippen LogP) is 2.32. The van der Waals surface area contributed by atoms with Gasteiger partial charge in [0.15, 0.2) is 0 Å². The van der Waals surface area contributed by atoms with Crippen molar-refractivity contribution in [3.05, 3.63) is 17.8 Å². The van der Waals surface area contributed by atoms with Crippen molar-refractivity contribution in [1.29, 1.82) is 0 Å². The number of hydrogen-bond donors (Lipinski definition) is 2. The van der Waals surface area contributed by atoms with Crippen LogP contribution in [-0.2, 0) is 0 Å². The van der Waals surface area contributed by atoms with Crippen LogP contribution in [0.5, 0.6) is 5.88 Å². The van der Waals surface area contributed by atoms with Crippen molar-refractivity contribution in [2.45, 2.75) is 38.7 Å². The quantitative estimate of drug-likeness (QED) is 0.859. The van der Waals surface area contributed by atoms with E-state index in [0.29, 0.717) is 0 Å². The number of nitrogen functional groups attached to an aromatic ring is 1. The van der Waals surface area contributed by atoms with E-state index in [9.17, 15) is 4.79 Å². The third kappa shape index (κ3) is 2.72. The molecule has 0 bridgehead atoms. The molecule has 1 fully saturated rings. The zero-order chi connectivity index (χ0) is 13.1. The summed E-state index contributed by atoms with van der Waals surface area (Å²) in [6.07, 6.45) is 5.71. The Labute approximate surface area is 106 Å². The van der Waals surface area contributed by atoms with Gasteiger partial charge in [-0.15, -0.1) is 0 Å². The maximum absolute atomic E-state index is 10.9. The minimum Gasteiger partial charge on any atom is -0.478 e. The van der Waals surface area contributed by atoms with Crippen molar-refractivity contribution in [2.75, 3.05) is 5.73 Å². The number of pyridine rings is 1. The molecule has 0 unspecified atom stereocenters. The second-order valence-electron chi connectivity index (χ2n) is 4.88. The fourth-order valence-electron chi connectivity index (χ4n) is 2.24. The number of nitrogens with zero attached hydrogens (tertiary/aromatic N) is 1. The van der Waals surface area contributed by atoms with Gasteiger partial charge in [-0.3, -0.25) is 0 Å². The molecule has 0 spiro atoms. The lowest BCUT2D eigenvalue weighted by Crippen LogP contribution is -2.24. The van der Waals surface area contributed by atoms with Gasteiger partial charge in [-0.25, -0.2) is 9.78 Å². The highest BCUT2D eigenvalue weighted by Crippen LogP contribution is 2.29. The maximum atomic E-state index is 10.9. The molecule has 0 saturated heterocycles. The fourth-order valence-corrected chi connectivity index (χ4v) is 2.24. The number of anilines is 1. The molecule has 2 rings (SSSR count). The summed E-state index contributed by atoms with van der Waals surface area (Å²) in [5.41, 5.74) is 5.92. The van der Waals surface area contributed by atoms with Crippen molar-refractivity contribution in [2.24, 2.45) is 5.92 Å². The molecule has 1 heterocycles.